The van der Waals surface area contributed by atoms with Gasteiger partial charge >= 0.3 is 0 Å². The van der Waals surface area contributed by atoms with Gasteiger partial charge in [0.25, 0.3) is 0 Å². The van der Waals surface area contributed by atoms with Crippen molar-refractivity contribution in [2.75, 3.05) is 38.7 Å². The minimum absolute atomic E-state index is 0.00537. The summed E-state index contributed by atoms with van der Waals surface area (Å²) in [5, 5.41) is 13.6. The molecule has 2 fully saturated rings. The van der Waals surface area contributed by atoms with Gasteiger partial charge in [-0.2, -0.15) is 11.3 Å². The Hall–Kier alpha value is -0.470. The first kappa shape index (κ1) is 15.4. The van der Waals surface area contributed by atoms with Crippen molar-refractivity contribution in [1.29, 1.82) is 0 Å². The Morgan fingerprint density at radius 3 is 2.90 bits per heavy atom. The summed E-state index contributed by atoms with van der Waals surface area (Å²) in [4.78, 5) is 0. The Balaban J connectivity index is 1.71. The van der Waals surface area contributed by atoms with E-state index in [1.54, 1.807) is 15.6 Å². The Morgan fingerprint density at radius 1 is 1.43 bits per heavy atom. The number of ether oxygens (including phenoxy) is 1. The van der Waals surface area contributed by atoms with E-state index in [0.29, 0.717) is 26.3 Å². The Kier molecular flexibility index (Phi) is 4.66. The molecule has 0 amide bonds. The second kappa shape index (κ2) is 6.34. The molecule has 1 aromatic rings. The maximum absolute atomic E-state index is 12.6. The molecule has 2 aliphatic rings. The highest BCUT2D eigenvalue weighted by Gasteiger charge is 2.40. The molecule has 0 radical (unpaired) electrons. The van der Waals surface area contributed by atoms with Crippen LogP contribution in [0.25, 0.3) is 0 Å². The van der Waals surface area contributed by atoms with Crippen LogP contribution < -0.4 is 0 Å². The van der Waals surface area contributed by atoms with Gasteiger partial charge in [0.15, 0.2) is 0 Å². The van der Waals surface area contributed by atoms with Crippen molar-refractivity contribution < 1.29 is 18.3 Å². The topological polar surface area (TPSA) is 66.8 Å². The molecule has 0 aliphatic carbocycles. The molecule has 5 nitrogen and oxygen atoms in total. The van der Waals surface area contributed by atoms with Gasteiger partial charge in [0, 0.05) is 38.1 Å². The molecule has 0 saturated carbocycles. The number of thiophene rings is 1. The van der Waals surface area contributed by atoms with Crippen LogP contribution in [0.1, 0.15) is 17.9 Å². The summed E-state index contributed by atoms with van der Waals surface area (Å²) in [6.07, 6.45) is 0.824. The molecule has 1 aromatic heterocycles. The van der Waals surface area contributed by atoms with Crippen molar-refractivity contribution in [1.82, 2.24) is 4.31 Å². The maximum atomic E-state index is 12.6. The fraction of sp³-hybridized carbons (Fsp3) is 0.714. The average molecular weight is 331 g/mol. The van der Waals surface area contributed by atoms with Crippen LogP contribution >= 0.6 is 11.3 Å². The van der Waals surface area contributed by atoms with Crippen molar-refractivity contribution in [2.24, 2.45) is 11.8 Å². The van der Waals surface area contributed by atoms with Crippen LogP contribution in [0.4, 0.5) is 0 Å². The Labute approximate surface area is 129 Å². The van der Waals surface area contributed by atoms with E-state index in [9.17, 15) is 13.5 Å². The monoisotopic (exact) mass is 331 g/mol. The number of aliphatic hydroxyl groups is 1. The third-order valence-corrected chi connectivity index (χ3v) is 7.16. The third-order valence-electron chi connectivity index (χ3n) is 4.48. The lowest BCUT2D eigenvalue weighted by atomic mass is 9.92. The van der Waals surface area contributed by atoms with E-state index < -0.39 is 10.0 Å². The predicted octanol–water partition coefficient (Wildman–Crippen LogP) is 1.12. The zero-order valence-corrected chi connectivity index (χ0v) is 13.5. The summed E-state index contributed by atoms with van der Waals surface area (Å²) in [7, 11) is -3.26. The molecular formula is C14H21NO4S2. The van der Waals surface area contributed by atoms with Gasteiger partial charge in [-0.25, -0.2) is 12.7 Å². The second-order valence-electron chi connectivity index (χ2n) is 5.93. The summed E-state index contributed by atoms with van der Waals surface area (Å²) in [5.41, 5.74) is 1.14. The lowest BCUT2D eigenvalue weighted by molar-refractivity contribution is 0.188. The van der Waals surface area contributed by atoms with Crippen LogP contribution in [0.3, 0.4) is 0 Å². The average Bonchev–Trinajstić information content (AvgIpc) is 3.18. The van der Waals surface area contributed by atoms with Crippen molar-refractivity contribution in [2.45, 2.75) is 12.3 Å². The normalized spacial score (nSPS) is 31.0. The van der Waals surface area contributed by atoms with Crippen LogP contribution in [0.15, 0.2) is 16.8 Å². The minimum atomic E-state index is -3.26. The summed E-state index contributed by atoms with van der Waals surface area (Å²) in [5.74, 6) is 0.384. The Bertz CT molecular complexity index is 552. The molecule has 3 atom stereocenters. The van der Waals surface area contributed by atoms with E-state index in [4.69, 9.17) is 4.74 Å². The molecule has 0 unspecified atom stereocenters. The molecule has 3 rings (SSSR count). The Morgan fingerprint density at radius 2 is 2.29 bits per heavy atom. The molecule has 0 bridgehead atoms. The van der Waals surface area contributed by atoms with E-state index in [0.717, 1.165) is 12.0 Å². The standard InChI is InChI=1S/C14H21NO4S2/c16-7-13-5-15(6-14(13)12-2-4-20-9-12)21(17,18)10-11-1-3-19-8-11/h2,4,9,11,13-14,16H,1,3,5-8,10H2/t11-,13+,14+/m1/s1. The largest absolute Gasteiger partial charge is 0.396 e. The third kappa shape index (κ3) is 3.32. The van der Waals surface area contributed by atoms with Crippen LogP contribution in [0, 0.1) is 11.8 Å². The summed E-state index contributed by atoms with van der Waals surface area (Å²) in [6, 6.07) is 2.03. The van der Waals surface area contributed by atoms with Gasteiger partial charge in [-0.15, -0.1) is 0 Å². The first-order chi connectivity index (χ1) is 10.1. The van der Waals surface area contributed by atoms with E-state index >= 15 is 0 Å². The highest BCUT2D eigenvalue weighted by molar-refractivity contribution is 7.89. The predicted molar refractivity (Wildman–Crippen MR) is 81.9 cm³/mol. The van der Waals surface area contributed by atoms with Gasteiger partial charge in [0.1, 0.15) is 0 Å². The van der Waals surface area contributed by atoms with Crippen LogP contribution in [0.2, 0.25) is 0 Å². The first-order valence-electron chi connectivity index (χ1n) is 7.28. The number of sulfonamides is 1. The lowest BCUT2D eigenvalue weighted by Gasteiger charge is -2.18. The second-order valence-corrected chi connectivity index (χ2v) is 8.72. The van der Waals surface area contributed by atoms with Crippen LogP contribution in [-0.2, 0) is 14.8 Å². The molecular weight excluding hydrogens is 310 g/mol. The van der Waals surface area contributed by atoms with Gasteiger partial charge in [-0.05, 0) is 34.7 Å². The molecule has 2 aliphatic heterocycles. The lowest BCUT2D eigenvalue weighted by Crippen LogP contribution is -2.34. The quantitative estimate of drug-likeness (QED) is 0.878. The van der Waals surface area contributed by atoms with Crippen molar-refractivity contribution in [3.63, 3.8) is 0 Å². The summed E-state index contributed by atoms with van der Waals surface area (Å²) in [6.45, 7) is 2.14. The van der Waals surface area contributed by atoms with E-state index in [1.807, 2.05) is 16.8 Å². The summed E-state index contributed by atoms with van der Waals surface area (Å²) < 4.78 is 31.9. The van der Waals surface area contributed by atoms with Gasteiger partial charge in [0.2, 0.25) is 10.0 Å². The molecule has 1 N–H and O–H groups in total. The fourth-order valence-corrected chi connectivity index (χ4v) is 5.83. The molecule has 2 saturated heterocycles. The number of nitrogens with zero attached hydrogens (tertiary/aromatic N) is 1. The molecule has 7 heteroatoms. The van der Waals surface area contributed by atoms with Crippen LogP contribution in [0.5, 0.6) is 0 Å². The van der Waals surface area contributed by atoms with Gasteiger partial charge in [-0.3, -0.25) is 0 Å². The molecule has 0 aromatic carbocycles. The first-order valence-corrected chi connectivity index (χ1v) is 9.84. The molecule has 118 valence electrons. The number of hydrogen-bond acceptors (Lipinski definition) is 5. The van der Waals surface area contributed by atoms with E-state index in [2.05, 4.69) is 0 Å². The number of hydrogen-bond donors (Lipinski definition) is 1. The van der Waals surface area contributed by atoms with Gasteiger partial charge in [0.05, 0.1) is 12.4 Å². The van der Waals surface area contributed by atoms with Crippen LogP contribution in [-0.4, -0.2) is 56.5 Å². The SMILES string of the molecule is O=S(=O)(C[C@@H]1CCOC1)N1C[C@@H](CO)[C@H](c2ccsc2)C1. The van der Waals surface area contributed by atoms with Crippen molar-refractivity contribution in [3.05, 3.63) is 22.4 Å². The van der Waals surface area contributed by atoms with E-state index in [1.165, 1.54) is 0 Å². The van der Waals surface area contributed by atoms with Gasteiger partial charge < -0.3 is 9.84 Å². The minimum Gasteiger partial charge on any atom is -0.396 e. The van der Waals surface area contributed by atoms with Crippen molar-refractivity contribution >= 4 is 21.4 Å². The highest BCUT2D eigenvalue weighted by atomic mass is 32.2. The number of aliphatic hydroxyl groups excluding tert-OH is 1. The summed E-state index contributed by atoms with van der Waals surface area (Å²) >= 11 is 1.61. The number of rotatable bonds is 5. The van der Waals surface area contributed by atoms with Gasteiger partial charge in [-0.1, -0.05) is 0 Å². The molecule has 21 heavy (non-hydrogen) atoms. The highest BCUT2D eigenvalue weighted by Crippen LogP contribution is 2.35. The fourth-order valence-electron chi connectivity index (χ4n) is 3.23. The smallest absolute Gasteiger partial charge is 0.214 e. The zero-order chi connectivity index (χ0) is 14.9. The van der Waals surface area contributed by atoms with Crippen molar-refractivity contribution in [3.8, 4) is 0 Å². The zero-order valence-electron chi connectivity index (χ0n) is 11.8. The van der Waals surface area contributed by atoms with E-state index in [-0.39, 0.29) is 30.1 Å². The molecule has 0 spiro atoms. The molecule has 3 heterocycles. The maximum Gasteiger partial charge on any atom is 0.214 e.